The van der Waals surface area contributed by atoms with Crippen molar-refractivity contribution >= 4 is 16.8 Å². The van der Waals surface area contributed by atoms with Crippen molar-refractivity contribution < 1.29 is 4.42 Å². The predicted molar refractivity (Wildman–Crippen MR) is 69.3 cm³/mol. The summed E-state index contributed by atoms with van der Waals surface area (Å²) in [5, 5.41) is 7.47. The minimum atomic E-state index is 0.689. The summed E-state index contributed by atoms with van der Waals surface area (Å²) in [6.45, 7) is 2.60. The Balaban J connectivity index is 1.78. The van der Waals surface area contributed by atoms with E-state index in [1.54, 1.807) is 4.68 Å². The molecule has 0 radical (unpaired) electrons. The van der Waals surface area contributed by atoms with Crippen LogP contribution in [0.1, 0.15) is 11.5 Å². The zero-order valence-electron chi connectivity index (χ0n) is 10.3. The van der Waals surface area contributed by atoms with Crippen LogP contribution in [-0.4, -0.2) is 14.8 Å². The number of benzene rings is 1. The molecule has 0 saturated heterocycles. The van der Waals surface area contributed by atoms with Crippen LogP contribution in [0.3, 0.4) is 0 Å². The van der Waals surface area contributed by atoms with Crippen LogP contribution in [0.25, 0.3) is 11.1 Å². The van der Waals surface area contributed by atoms with E-state index in [1.165, 1.54) is 0 Å². The van der Waals surface area contributed by atoms with Crippen LogP contribution in [-0.2, 0) is 13.6 Å². The highest BCUT2D eigenvalue weighted by molar-refractivity contribution is 5.77. The van der Waals surface area contributed by atoms with Gasteiger partial charge < -0.3 is 9.73 Å². The fraction of sp³-hybridized carbons (Fsp3) is 0.231. The van der Waals surface area contributed by atoms with Crippen molar-refractivity contribution in [3.63, 3.8) is 0 Å². The van der Waals surface area contributed by atoms with Gasteiger partial charge in [0, 0.05) is 38.0 Å². The second kappa shape index (κ2) is 4.18. The van der Waals surface area contributed by atoms with Crippen molar-refractivity contribution in [3.05, 3.63) is 42.0 Å². The lowest BCUT2D eigenvalue weighted by Gasteiger charge is -2.03. The molecule has 0 bridgehead atoms. The molecule has 5 nitrogen and oxygen atoms in total. The Hall–Kier alpha value is -2.30. The normalized spacial score (nSPS) is 11.0. The number of anilines is 1. The van der Waals surface area contributed by atoms with Gasteiger partial charge in [0.05, 0.1) is 6.20 Å². The summed E-state index contributed by atoms with van der Waals surface area (Å²) in [5.74, 6) is 0.689. The molecule has 0 aliphatic carbocycles. The molecule has 0 aliphatic heterocycles. The van der Waals surface area contributed by atoms with Crippen LogP contribution in [0.2, 0.25) is 0 Å². The Morgan fingerprint density at radius 3 is 3.06 bits per heavy atom. The smallest absolute Gasteiger partial charge is 0.192 e. The van der Waals surface area contributed by atoms with Gasteiger partial charge >= 0.3 is 0 Å². The molecular formula is C13H14N4O. The number of rotatable bonds is 3. The first-order chi connectivity index (χ1) is 8.70. The number of nitrogens with zero attached hydrogens (tertiary/aromatic N) is 3. The van der Waals surface area contributed by atoms with Crippen molar-refractivity contribution in [1.29, 1.82) is 0 Å². The van der Waals surface area contributed by atoms with Gasteiger partial charge in [-0.05, 0) is 18.2 Å². The maximum absolute atomic E-state index is 5.44. The standard InChI is InChI=1S/C13H14N4O/c1-9-16-12-5-11(3-4-13(12)18-9)14-6-10-7-15-17(2)8-10/h3-5,7-8,14H,6H2,1-2H3. The van der Waals surface area contributed by atoms with Gasteiger partial charge in [0.2, 0.25) is 0 Å². The van der Waals surface area contributed by atoms with E-state index in [0.29, 0.717) is 5.89 Å². The van der Waals surface area contributed by atoms with Gasteiger partial charge in [-0.2, -0.15) is 5.10 Å². The quantitative estimate of drug-likeness (QED) is 0.766. The molecule has 0 aliphatic rings. The monoisotopic (exact) mass is 242 g/mol. The van der Waals surface area contributed by atoms with E-state index in [4.69, 9.17) is 4.42 Å². The zero-order chi connectivity index (χ0) is 12.5. The number of nitrogens with one attached hydrogen (secondary N) is 1. The van der Waals surface area contributed by atoms with Crippen molar-refractivity contribution in [2.24, 2.45) is 7.05 Å². The molecule has 0 fully saturated rings. The van der Waals surface area contributed by atoms with Gasteiger partial charge in [-0.15, -0.1) is 0 Å². The maximum atomic E-state index is 5.44. The second-order valence-corrected chi connectivity index (χ2v) is 4.29. The summed E-state index contributed by atoms with van der Waals surface area (Å²) < 4.78 is 7.23. The van der Waals surface area contributed by atoms with Crippen molar-refractivity contribution in [1.82, 2.24) is 14.8 Å². The van der Waals surface area contributed by atoms with E-state index in [0.717, 1.165) is 28.9 Å². The second-order valence-electron chi connectivity index (χ2n) is 4.29. The lowest BCUT2D eigenvalue weighted by molar-refractivity contribution is 0.561. The van der Waals surface area contributed by atoms with Crippen molar-refractivity contribution in [2.45, 2.75) is 13.5 Å². The van der Waals surface area contributed by atoms with Crippen LogP contribution >= 0.6 is 0 Å². The van der Waals surface area contributed by atoms with E-state index in [-0.39, 0.29) is 0 Å². The summed E-state index contributed by atoms with van der Waals surface area (Å²) in [5.41, 5.74) is 3.87. The fourth-order valence-electron chi connectivity index (χ4n) is 1.92. The number of oxazole rings is 1. The molecule has 1 aromatic carbocycles. The summed E-state index contributed by atoms with van der Waals surface area (Å²) in [7, 11) is 1.91. The molecule has 92 valence electrons. The van der Waals surface area contributed by atoms with Gasteiger partial charge in [0.15, 0.2) is 11.5 Å². The molecule has 0 atom stereocenters. The van der Waals surface area contributed by atoms with E-state index >= 15 is 0 Å². The molecule has 5 heteroatoms. The van der Waals surface area contributed by atoms with E-state index < -0.39 is 0 Å². The number of hydrogen-bond acceptors (Lipinski definition) is 4. The van der Waals surface area contributed by atoms with E-state index in [2.05, 4.69) is 15.4 Å². The largest absolute Gasteiger partial charge is 0.441 e. The summed E-state index contributed by atoms with van der Waals surface area (Å²) in [4.78, 5) is 4.31. The molecule has 2 heterocycles. The molecule has 0 amide bonds. The van der Waals surface area contributed by atoms with Crippen molar-refractivity contribution in [2.75, 3.05) is 5.32 Å². The van der Waals surface area contributed by atoms with Gasteiger partial charge in [0.1, 0.15) is 5.52 Å². The first-order valence-corrected chi connectivity index (χ1v) is 5.79. The Morgan fingerprint density at radius 1 is 1.39 bits per heavy atom. The fourth-order valence-corrected chi connectivity index (χ4v) is 1.92. The molecule has 3 rings (SSSR count). The third-order valence-corrected chi connectivity index (χ3v) is 2.75. The third kappa shape index (κ3) is 2.07. The zero-order valence-corrected chi connectivity index (χ0v) is 10.3. The molecule has 0 saturated carbocycles. The molecule has 2 aromatic heterocycles. The minimum absolute atomic E-state index is 0.689. The SMILES string of the molecule is Cc1nc2cc(NCc3cnn(C)c3)ccc2o1. The lowest BCUT2D eigenvalue weighted by Crippen LogP contribution is -1.98. The molecule has 0 spiro atoms. The van der Waals surface area contributed by atoms with Gasteiger partial charge in [-0.25, -0.2) is 4.98 Å². The van der Waals surface area contributed by atoms with Crippen LogP contribution < -0.4 is 5.32 Å². The summed E-state index contributed by atoms with van der Waals surface area (Å²) in [6, 6.07) is 5.91. The lowest BCUT2D eigenvalue weighted by atomic mass is 10.2. The highest BCUT2D eigenvalue weighted by Gasteiger charge is 2.03. The summed E-state index contributed by atoms with van der Waals surface area (Å²) >= 11 is 0. The van der Waals surface area contributed by atoms with E-state index in [9.17, 15) is 0 Å². The first kappa shape index (κ1) is 10.8. The predicted octanol–water partition coefficient (Wildman–Crippen LogP) is 2.48. The van der Waals surface area contributed by atoms with Crippen LogP contribution in [0.4, 0.5) is 5.69 Å². The number of aryl methyl sites for hydroxylation is 2. The Morgan fingerprint density at radius 2 is 2.28 bits per heavy atom. The van der Waals surface area contributed by atoms with Crippen molar-refractivity contribution in [3.8, 4) is 0 Å². The average Bonchev–Trinajstić information content (AvgIpc) is 2.90. The van der Waals surface area contributed by atoms with E-state index in [1.807, 2.05) is 44.6 Å². The first-order valence-electron chi connectivity index (χ1n) is 5.79. The molecular weight excluding hydrogens is 228 g/mol. The summed E-state index contributed by atoms with van der Waals surface area (Å²) in [6.07, 6.45) is 3.84. The highest BCUT2D eigenvalue weighted by atomic mass is 16.3. The van der Waals surface area contributed by atoms with Gasteiger partial charge in [-0.1, -0.05) is 0 Å². The van der Waals surface area contributed by atoms with Crippen LogP contribution in [0.5, 0.6) is 0 Å². The molecule has 3 aromatic rings. The number of aromatic nitrogens is 3. The molecule has 0 unspecified atom stereocenters. The van der Waals surface area contributed by atoms with Crippen LogP contribution in [0, 0.1) is 6.92 Å². The minimum Gasteiger partial charge on any atom is -0.441 e. The highest BCUT2D eigenvalue weighted by Crippen LogP contribution is 2.20. The van der Waals surface area contributed by atoms with Crippen LogP contribution in [0.15, 0.2) is 35.0 Å². The van der Waals surface area contributed by atoms with Gasteiger partial charge in [0.25, 0.3) is 0 Å². The third-order valence-electron chi connectivity index (χ3n) is 2.75. The molecule has 1 N–H and O–H groups in total. The molecule has 18 heavy (non-hydrogen) atoms. The Labute approximate surface area is 104 Å². The topological polar surface area (TPSA) is 55.9 Å². The number of hydrogen-bond donors (Lipinski definition) is 1. The maximum Gasteiger partial charge on any atom is 0.192 e. The Kier molecular flexibility index (Phi) is 2.51. The van der Waals surface area contributed by atoms with Gasteiger partial charge in [-0.3, -0.25) is 4.68 Å². The average molecular weight is 242 g/mol. The number of fused-ring (bicyclic) bond motifs is 1. The Bertz CT molecular complexity index is 683.